The van der Waals surface area contributed by atoms with Gasteiger partial charge in [-0.15, -0.1) is 10.9 Å². The number of benzene rings is 5. The highest BCUT2D eigenvalue weighted by molar-refractivity contribution is 6.98. The fourth-order valence-corrected chi connectivity index (χ4v) is 7.64. The highest BCUT2D eigenvalue weighted by Crippen LogP contribution is 2.38. The lowest BCUT2D eigenvalue weighted by Gasteiger charge is -2.33. The fourth-order valence-electron chi connectivity index (χ4n) is 7.64. The van der Waals surface area contributed by atoms with Crippen molar-refractivity contribution in [2.75, 3.05) is 0 Å². The standard InChI is InChI=1S/C30H26B9NO2/c31-20-18-19-21(32)23(34)25(36)27(38)30(19)40(29(18)26(37)24(35)22(20)33)11-9-16-28-17(10-11)42-15-8-4-2-6-13(15)39(28)12-5-1-3-7-14(12)41-16/h1-10H,31-38H2. The average molecular weight is 530 g/mol. The van der Waals surface area contributed by atoms with Gasteiger partial charge >= 0.3 is 0 Å². The van der Waals surface area contributed by atoms with Gasteiger partial charge in [0.2, 0.25) is 0 Å². The lowest BCUT2D eigenvalue weighted by atomic mass is 9.35. The number of rotatable bonds is 1. The van der Waals surface area contributed by atoms with Crippen LogP contribution in [0.3, 0.4) is 0 Å². The first-order valence-electron chi connectivity index (χ1n) is 14.9. The van der Waals surface area contributed by atoms with Gasteiger partial charge in [0.1, 0.15) is 85.8 Å². The predicted octanol–water partition coefficient (Wildman–Crippen LogP) is -8.42. The lowest BCUT2D eigenvalue weighted by Crippen LogP contribution is -2.57. The molecule has 190 valence electrons. The fraction of sp³-hybridized carbons (Fsp3) is 0. The van der Waals surface area contributed by atoms with Crippen LogP contribution < -0.4 is 69.6 Å². The summed E-state index contributed by atoms with van der Waals surface area (Å²) in [6.07, 6.45) is 0. The molecule has 3 nitrogen and oxygen atoms in total. The summed E-state index contributed by atoms with van der Waals surface area (Å²) in [5, 5.41) is 2.71. The maximum absolute atomic E-state index is 6.70. The summed E-state index contributed by atoms with van der Waals surface area (Å²) in [5.74, 6) is 3.56. The zero-order valence-electron chi connectivity index (χ0n) is 25.6. The van der Waals surface area contributed by atoms with Gasteiger partial charge in [-0.2, -0.15) is 0 Å². The molecule has 1 aromatic heterocycles. The SMILES string of the molecule is Bc1c(B)c(B)c2c(c1B)c1c(B)c(B)c(B)c(B)c1n2-c1cc2c3c(c1)Oc1ccccc1B3c1ccccc1O2. The minimum Gasteiger partial charge on any atom is -0.458 e. The lowest BCUT2D eigenvalue weighted by molar-refractivity contribution is 0.464. The van der Waals surface area contributed by atoms with Crippen LogP contribution in [0.1, 0.15) is 0 Å². The van der Waals surface area contributed by atoms with E-state index in [2.05, 4.69) is 128 Å². The van der Waals surface area contributed by atoms with E-state index in [9.17, 15) is 0 Å². The van der Waals surface area contributed by atoms with Crippen LogP contribution in [0.4, 0.5) is 0 Å². The molecule has 0 radical (unpaired) electrons. The number of nitrogens with zero attached hydrogens (tertiary/aromatic N) is 1. The van der Waals surface area contributed by atoms with Gasteiger partial charge in [-0.05, 0) is 33.8 Å². The third kappa shape index (κ3) is 3.19. The quantitative estimate of drug-likeness (QED) is 0.197. The minimum atomic E-state index is 0.0693. The van der Waals surface area contributed by atoms with Crippen LogP contribution in [0.5, 0.6) is 23.0 Å². The molecule has 0 spiro atoms. The summed E-state index contributed by atoms with van der Waals surface area (Å²) in [6.45, 7) is 0.0693. The Labute approximate surface area is 254 Å². The van der Waals surface area contributed by atoms with Crippen molar-refractivity contribution >= 4 is 151 Å². The average Bonchev–Trinajstić information content (AvgIpc) is 3.37. The first-order valence-corrected chi connectivity index (χ1v) is 14.9. The molecule has 8 rings (SSSR count). The second-order valence-electron chi connectivity index (χ2n) is 12.4. The van der Waals surface area contributed by atoms with Gasteiger partial charge in [-0.1, -0.05) is 69.2 Å². The zero-order chi connectivity index (χ0) is 29.2. The van der Waals surface area contributed by atoms with Crippen LogP contribution in [-0.2, 0) is 0 Å². The Bertz CT molecular complexity index is 2060. The van der Waals surface area contributed by atoms with Crippen LogP contribution in [0.2, 0.25) is 0 Å². The molecule has 0 unspecified atom stereocenters. The van der Waals surface area contributed by atoms with E-state index in [0.717, 1.165) is 34.1 Å². The highest BCUT2D eigenvalue weighted by Gasteiger charge is 2.40. The third-order valence-corrected chi connectivity index (χ3v) is 10.5. The van der Waals surface area contributed by atoms with E-state index in [1.54, 1.807) is 0 Å². The van der Waals surface area contributed by atoms with Crippen LogP contribution in [0.15, 0.2) is 60.7 Å². The van der Waals surface area contributed by atoms with Crippen molar-refractivity contribution in [2.24, 2.45) is 0 Å². The van der Waals surface area contributed by atoms with E-state index in [-0.39, 0.29) is 6.71 Å². The second kappa shape index (κ2) is 8.80. The van der Waals surface area contributed by atoms with Gasteiger partial charge in [0.05, 0.1) is 5.69 Å². The summed E-state index contributed by atoms with van der Waals surface area (Å²) >= 11 is 0. The van der Waals surface area contributed by atoms with Crippen molar-refractivity contribution in [1.82, 2.24) is 4.57 Å². The molecule has 0 fully saturated rings. The molecule has 42 heavy (non-hydrogen) atoms. The van der Waals surface area contributed by atoms with Crippen molar-refractivity contribution in [3.8, 4) is 28.7 Å². The van der Waals surface area contributed by atoms with Crippen LogP contribution in [0.25, 0.3) is 27.5 Å². The molecule has 3 heterocycles. The first-order chi connectivity index (χ1) is 20.2. The molecule has 6 aromatic rings. The molecule has 2 aliphatic heterocycles. The second-order valence-corrected chi connectivity index (χ2v) is 12.4. The van der Waals surface area contributed by atoms with Gasteiger partial charge in [-0.3, -0.25) is 0 Å². The molecule has 0 bridgehead atoms. The van der Waals surface area contributed by atoms with Crippen molar-refractivity contribution in [3.63, 3.8) is 0 Å². The summed E-state index contributed by atoms with van der Waals surface area (Å²) in [5.41, 5.74) is 17.9. The Morgan fingerprint density at radius 3 is 1.33 bits per heavy atom. The Morgan fingerprint density at radius 2 is 0.881 bits per heavy atom. The van der Waals surface area contributed by atoms with Crippen LogP contribution in [-0.4, -0.2) is 74.1 Å². The molecule has 0 aliphatic carbocycles. The molecular weight excluding hydrogens is 504 g/mol. The maximum atomic E-state index is 6.70. The number of hydrogen-bond acceptors (Lipinski definition) is 2. The molecule has 5 aromatic carbocycles. The molecule has 12 heteroatoms. The number of fused-ring (bicyclic) bond motifs is 7. The molecule has 0 atom stereocenters. The van der Waals surface area contributed by atoms with Crippen molar-refractivity contribution in [2.45, 2.75) is 0 Å². The third-order valence-electron chi connectivity index (χ3n) is 10.5. The highest BCUT2D eigenvalue weighted by atomic mass is 16.5. The topological polar surface area (TPSA) is 23.4 Å². The van der Waals surface area contributed by atoms with Gasteiger partial charge < -0.3 is 14.0 Å². The Balaban J connectivity index is 1.53. The summed E-state index contributed by atoms with van der Waals surface area (Å²) in [7, 11) is 18.2. The van der Waals surface area contributed by atoms with Gasteiger partial charge in [0.15, 0.2) is 0 Å². The minimum absolute atomic E-state index is 0.0693. The smallest absolute Gasteiger partial charge is 0.260 e. The van der Waals surface area contributed by atoms with Gasteiger partial charge in [0, 0.05) is 28.6 Å². The van der Waals surface area contributed by atoms with Crippen molar-refractivity contribution < 1.29 is 9.47 Å². The molecule has 2 aliphatic rings. The predicted molar refractivity (Wildman–Crippen MR) is 204 cm³/mol. The monoisotopic (exact) mass is 531 g/mol. The Kier molecular flexibility index (Phi) is 5.40. The molecule has 0 saturated carbocycles. The number of para-hydroxylation sites is 2. The largest absolute Gasteiger partial charge is 0.458 e. The van der Waals surface area contributed by atoms with Crippen molar-refractivity contribution in [3.05, 3.63) is 60.7 Å². The Morgan fingerprint density at radius 1 is 0.476 bits per heavy atom. The van der Waals surface area contributed by atoms with E-state index >= 15 is 0 Å². The van der Waals surface area contributed by atoms with E-state index in [1.165, 1.54) is 76.4 Å². The van der Waals surface area contributed by atoms with E-state index in [0.29, 0.717) is 0 Å². The normalized spacial score (nSPS) is 12.9. The summed E-state index contributed by atoms with van der Waals surface area (Å²) < 4.78 is 15.9. The van der Waals surface area contributed by atoms with Gasteiger partial charge in [-0.25, -0.2) is 0 Å². The van der Waals surface area contributed by atoms with E-state index in [1.807, 2.05) is 0 Å². The Hall–Kier alpha value is -3.92. The molecule has 0 saturated heterocycles. The molecular formula is C30H26B9NO2. The molecule has 0 N–H and O–H groups in total. The number of hydrogen-bond donors (Lipinski definition) is 0. The maximum Gasteiger partial charge on any atom is 0.260 e. The van der Waals surface area contributed by atoms with E-state index in [4.69, 9.17) is 9.47 Å². The molecule has 0 amide bonds. The zero-order valence-corrected chi connectivity index (χ0v) is 25.6. The van der Waals surface area contributed by atoms with Crippen molar-refractivity contribution in [1.29, 1.82) is 0 Å². The van der Waals surface area contributed by atoms with Gasteiger partial charge in [0.25, 0.3) is 6.71 Å². The summed E-state index contributed by atoms with van der Waals surface area (Å²) in [4.78, 5) is 0. The van der Waals surface area contributed by atoms with Crippen LogP contribution in [0, 0.1) is 0 Å². The first kappa shape index (κ1) is 25.8. The van der Waals surface area contributed by atoms with Crippen LogP contribution >= 0.6 is 0 Å². The van der Waals surface area contributed by atoms with E-state index < -0.39 is 0 Å². The number of ether oxygens (including phenoxy) is 2. The summed E-state index contributed by atoms with van der Waals surface area (Å²) in [6, 6.07) is 21.3. The number of aromatic nitrogens is 1.